The van der Waals surface area contributed by atoms with E-state index in [2.05, 4.69) is 33.0 Å². The Hall–Kier alpha value is -3.04. The number of furan rings is 1. The third-order valence-electron chi connectivity index (χ3n) is 5.01. The first-order valence-corrected chi connectivity index (χ1v) is 13.4. The second-order valence-electron chi connectivity index (χ2n) is 8.00. The number of carbonyl (C=O) groups excluding carboxylic acids is 2. The summed E-state index contributed by atoms with van der Waals surface area (Å²) >= 11 is 6.04. The summed E-state index contributed by atoms with van der Waals surface area (Å²) in [6.45, 7) is 8.57. The maximum atomic E-state index is 12.5. The topological polar surface area (TPSA) is 87.0 Å². The number of thiocarbonyl (C=S) groups is 1. The lowest BCUT2D eigenvalue weighted by atomic mass is 10.1. The van der Waals surface area contributed by atoms with Crippen molar-refractivity contribution in [1.29, 1.82) is 0 Å². The number of thioether (sulfide) groups is 1. The number of ether oxygens (including phenoxy) is 3. The highest BCUT2D eigenvalue weighted by Crippen LogP contribution is 2.37. The van der Waals surface area contributed by atoms with Crippen molar-refractivity contribution in [3.63, 3.8) is 0 Å². The van der Waals surface area contributed by atoms with Gasteiger partial charge in [-0.25, -0.2) is 4.79 Å². The van der Waals surface area contributed by atoms with Crippen molar-refractivity contribution in [2.24, 2.45) is 5.92 Å². The van der Waals surface area contributed by atoms with Gasteiger partial charge in [0.25, 0.3) is 5.91 Å². The van der Waals surface area contributed by atoms with Crippen LogP contribution in [0.25, 0.3) is 17.4 Å². The van der Waals surface area contributed by atoms with E-state index in [0.717, 1.165) is 12.8 Å². The van der Waals surface area contributed by atoms with Gasteiger partial charge in [-0.15, -0.1) is 0 Å². The predicted octanol–water partition coefficient (Wildman–Crippen LogP) is 7.26. The van der Waals surface area contributed by atoms with E-state index in [-0.39, 0.29) is 17.2 Å². The molecule has 2 rings (SSSR count). The minimum atomic E-state index is -0.566. The summed E-state index contributed by atoms with van der Waals surface area (Å²) in [5.41, 5.74) is 1.96. The molecule has 0 saturated carbocycles. The summed E-state index contributed by atoms with van der Waals surface area (Å²) in [4.78, 5) is 25.1. The van der Waals surface area contributed by atoms with Crippen molar-refractivity contribution in [2.45, 2.75) is 47.0 Å². The number of hydrogen-bond acceptors (Lipinski definition) is 8. The monoisotopic (exact) mass is 547 g/mol. The summed E-state index contributed by atoms with van der Waals surface area (Å²) in [7, 11) is 4.21. The molecule has 1 heterocycles. The Morgan fingerprint density at radius 3 is 2.41 bits per heavy atom. The van der Waals surface area contributed by atoms with Crippen LogP contribution in [0.3, 0.4) is 0 Å². The molecule has 0 aliphatic carbocycles. The van der Waals surface area contributed by atoms with Gasteiger partial charge in [0, 0.05) is 11.6 Å². The fraction of sp³-hybridized carbons (Fsp3) is 0.393. The first-order chi connectivity index (χ1) is 17.8. The van der Waals surface area contributed by atoms with Gasteiger partial charge in [0.05, 0.1) is 31.7 Å². The average molecular weight is 548 g/mol. The molecule has 9 heteroatoms. The Kier molecular flexibility index (Phi) is 15.1. The minimum absolute atomic E-state index is 0.205. The van der Waals surface area contributed by atoms with E-state index in [0.29, 0.717) is 33.7 Å². The minimum Gasteiger partial charge on any atom is -0.493 e. The van der Waals surface area contributed by atoms with Crippen molar-refractivity contribution in [2.75, 3.05) is 21.3 Å². The summed E-state index contributed by atoms with van der Waals surface area (Å²) in [6.07, 6.45) is 6.95. The van der Waals surface area contributed by atoms with E-state index >= 15 is 0 Å². The standard InChI is InChI=1S/C25H29NO6S2.C3H8/c1-6-16(2)8-7-11-34-22(24(27)26-15-33)14-18-9-10-20(32-18)17-12-19(25(28)31-5)23(30-4)21(13-17)29-3;1-3-2/h7,9-16H,6,8H2,1-5H3,(H,26,27,33);3H2,1-2H3/b11-7+,22-14-;. The molecule has 0 bridgehead atoms. The zero-order valence-electron chi connectivity index (χ0n) is 22.6. The molecular weight excluding hydrogens is 510 g/mol. The van der Waals surface area contributed by atoms with Gasteiger partial charge >= 0.3 is 5.97 Å². The number of allylic oxidation sites excluding steroid dienone is 1. The molecule has 1 N–H and O–H groups in total. The van der Waals surface area contributed by atoms with E-state index in [9.17, 15) is 9.59 Å². The maximum absolute atomic E-state index is 12.5. The van der Waals surface area contributed by atoms with Gasteiger partial charge in [-0.3, -0.25) is 4.79 Å². The first-order valence-electron chi connectivity index (χ1n) is 12.0. The van der Waals surface area contributed by atoms with Crippen LogP contribution in [0.2, 0.25) is 0 Å². The first kappa shape index (κ1) is 32.0. The van der Waals surface area contributed by atoms with Crippen molar-refractivity contribution >= 4 is 47.4 Å². The maximum Gasteiger partial charge on any atom is 0.341 e. The van der Waals surface area contributed by atoms with Crippen LogP contribution in [-0.4, -0.2) is 38.7 Å². The van der Waals surface area contributed by atoms with Gasteiger partial charge in [0.2, 0.25) is 0 Å². The molecule has 0 saturated heterocycles. The fourth-order valence-electron chi connectivity index (χ4n) is 2.94. The summed E-state index contributed by atoms with van der Waals surface area (Å²) in [5, 5.41) is 4.41. The van der Waals surface area contributed by atoms with Crippen molar-refractivity contribution in [1.82, 2.24) is 5.32 Å². The number of methoxy groups -OCH3 is 3. The van der Waals surface area contributed by atoms with Gasteiger partial charge in [-0.2, -0.15) is 0 Å². The normalized spacial score (nSPS) is 11.8. The summed E-state index contributed by atoms with van der Waals surface area (Å²) in [5.74, 6) is 1.24. The number of rotatable bonds is 12. The molecule has 1 aromatic carbocycles. The molecule has 0 spiro atoms. The smallest absolute Gasteiger partial charge is 0.341 e. The third kappa shape index (κ3) is 10.1. The fourth-order valence-corrected chi connectivity index (χ4v) is 3.75. The van der Waals surface area contributed by atoms with Gasteiger partial charge < -0.3 is 23.9 Å². The van der Waals surface area contributed by atoms with Crippen molar-refractivity contribution in [3.8, 4) is 22.8 Å². The number of hydrogen-bond donors (Lipinski definition) is 1. The second-order valence-corrected chi connectivity index (χ2v) is 9.18. The number of nitrogens with one attached hydrogen (secondary N) is 1. The molecule has 1 aromatic heterocycles. The van der Waals surface area contributed by atoms with Crippen LogP contribution in [0.5, 0.6) is 11.5 Å². The largest absolute Gasteiger partial charge is 0.493 e. The number of carbonyl (C=O) groups is 2. The molecule has 0 aliphatic heterocycles. The van der Waals surface area contributed by atoms with Crippen LogP contribution in [0, 0.1) is 5.92 Å². The molecule has 37 heavy (non-hydrogen) atoms. The summed E-state index contributed by atoms with van der Waals surface area (Å²) in [6, 6.07) is 6.78. The molecule has 0 aliphatic rings. The molecule has 0 fully saturated rings. The zero-order chi connectivity index (χ0) is 27.8. The molecule has 1 amide bonds. The van der Waals surface area contributed by atoms with E-state index in [1.807, 2.05) is 11.5 Å². The van der Waals surface area contributed by atoms with Crippen LogP contribution < -0.4 is 14.8 Å². The van der Waals surface area contributed by atoms with E-state index in [1.165, 1.54) is 45.0 Å². The SMILES string of the molecule is CCC.CCC(C)C/C=C/S/C(=C\c1ccc(-c2cc(OC)c(OC)c(C(=O)OC)c2)o1)C(=O)NC=S. The number of benzene rings is 1. The highest BCUT2D eigenvalue weighted by Gasteiger charge is 2.21. The van der Waals surface area contributed by atoms with Crippen LogP contribution in [0.1, 0.15) is 63.1 Å². The third-order valence-corrected chi connectivity index (χ3v) is 6.01. The van der Waals surface area contributed by atoms with Gasteiger partial charge in [0.15, 0.2) is 11.5 Å². The van der Waals surface area contributed by atoms with Gasteiger partial charge in [-0.05, 0) is 42.0 Å². The van der Waals surface area contributed by atoms with E-state index < -0.39 is 5.97 Å². The molecule has 2 aromatic rings. The highest BCUT2D eigenvalue weighted by atomic mass is 32.2. The second kappa shape index (κ2) is 17.4. The molecule has 0 radical (unpaired) electrons. The van der Waals surface area contributed by atoms with E-state index in [4.69, 9.17) is 30.8 Å². The highest BCUT2D eigenvalue weighted by molar-refractivity contribution is 8.06. The Labute approximate surface area is 229 Å². The zero-order valence-corrected chi connectivity index (χ0v) is 24.2. The van der Waals surface area contributed by atoms with Crippen molar-refractivity contribution in [3.05, 3.63) is 52.0 Å². The van der Waals surface area contributed by atoms with Crippen LogP contribution in [0.15, 0.2) is 45.1 Å². The van der Waals surface area contributed by atoms with Crippen LogP contribution >= 0.6 is 24.0 Å². The molecular formula is C28H37NO6S2. The predicted molar refractivity (Wildman–Crippen MR) is 155 cm³/mol. The Morgan fingerprint density at radius 2 is 1.84 bits per heavy atom. The van der Waals surface area contributed by atoms with Crippen LogP contribution in [0.4, 0.5) is 0 Å². The quantitative estimate of drug-likeness (QED) is 0.169. The summed E-state index contributed by atoms with van der Waals surface area (Å²) < 4.78 is 21.5. The Bertz CT molecular complexity index is 1090. The molecule has 1 atom stereocenters. The number of esters is 1. The lowest BCUT2D eigenvalue weighted by Crippen LogP contribution is -2.20. The number of amides is 1. The van der Waals surface area contributed by atoms with Crippen molar-refractivity contribution < 1.29 is 28.2 Å². The Morgan fingerprint density at radius 1 is 1.14 bits per heavy atom. The molecule has 1 unspecified atom stereocenters. The van der Waals surface area contributed by atoms with Crippen LogP contribution in [-0.2, 0) is 9.53 Å². The van der Waals surface area contributed by atoms with E-state index in [1.54, 1.807) is 30.3 Å². The molecule has 202 valence electrons. The van der Waals surface area contributed by atoms with Gasteiger partial charge in [0.1, 0.15) is 17.1 Å². The Balaban J connectivity index is 0.00000217. The average Bonchev–Trinajstić information content (AvgIpc) is 3.38. The van der Waals surface area contributed by atoms with Gasteiger partial charge in [-0.1, -0.05) is 70.6 Å². The lowest BCUT2D eigenvalue weighted by molar-refractivity contribution is -0.115. The molecule has 7 nitrogen and oxygen atoms in total. The lowest BCUT2D eigenvalue weighted by Gasteiger charge is -2.13.